The van der Waals surface area contributed by atoms with E-state index in [1.54, 1.807) is 0 Å². The number of hydrogen-bond donors (Lipinski definition) is 0. The Morgan fingerprint density at radius 1 is 0.658 bits per heavy atom. The maximum Gasteiger partial charge on any atom is 0.100 e. The van der Waals surface area contributed by atoms with E-state index in [0.717, 1.165) is 5.56 Å². The molecule has 0 saturated carbocycles. The molecule has 1 unspecified atom stereocenters. The number of rotatable bonds is 7. The van der Waals surface area contributed by atoms with Crippen LogP contribution in [0.5, 0.6) is 0 Å². The summed E-state index contributed by atoms with van der Waals surface area (Å²) in [6.45, 7) is 12.9. The highest BCUT2D eigenvalue weighted by Crippen LogP contribution is 2.39. The first-order valence-corrected chi connectivity index (χ1v) is 15.7. The summed E-state index contributed by atoms with van der Waals surface area (Å²) in [7, 11) is -0.00989. The summed E-state index contributed by atoms with van der Waals surface area (Å²) < 4.78 is 15.5. The molecule has 0 heterocycles. The van der Waals surface area contributed by atoms with Crippen LogP contribution in [0, 0.1) is 0 Å². The van der Waals surface area contributed by atoms with E-state index >= 15 is 0 Å². The number of benzene rings is 4. The fourth-order valence-electron chi connectivity index (χ4n) is 4.78. The highest BCUT2D eigenvalue weighted by Gasteiger charge is 2.33. The van der Waals surface area contributed by atoms with Gasteiger partial charge in [-0.05, 0) is 66.7 Å². The zero-order valence-electron chi connectivity index (χ0n) is 23.7. The quantitative estimate of drug-likeness (QED) is 0.226. The summed E-state index contributed by atoms with van der Waals surface area (Å²) in [5, 5.41) is 3.91. The molecule has 0 N–H and O–H groups in total. The lowest BCUT2D eigenvalue weighted by Gasteiger charge is -2.35. The van der Waals surface area contributed by atoms with E-state index in [9.17, 15) is 4.21 Å². The molecule has 2 nitrogen and oxygen atoms in total. The minimum absolute atomic E-state index is 0.0704. The summed E-state index contributed by atoms with van der Waals surface area (Å²) >= 11 is 0. The molecular weight excluding hydrogens is 501 g/mol. The Hall–Kier alpha value is -2.58. The first kappa shape index (κ1) is 28.4. The van der Waals surface area contributed by atoms with Gasteiger partial charge in [-0.3, -0.25) is 0 Å². The Labute approximate surface area is 233 Å². The van der Waals surface area contributed by atoms with Crippen LogP contribution in [0.15, 0.2) is 109 Å². The summed E-state index contributed by atoms with van der Waals surface area (Å²) in [6, 6.07) is 39.1. The lowest BCUT2D eigenvalue weighted by molar-refractivity contribution is 0.441. The first-order valence-electron chi connectivity index (χ1n) is 13.2. The zero-order valence-corrected chi connectivity index (χ0v) is 25.4. The third kappa shape index (κ3) is 6.34. The van der Waals surface area contributed by atoms with Crippen LogP contribution in [-0.2, 0) is 16.4 Å². The van der Waals surface area contributed by atoms with Gasteiger partial charge in [0.05, 0.1) is 10.8 Å². The molecule has 0 amide bonds. The van der Waals surface area contributed by atoms with E-state index < -0.39 is 18.9 Å². The van der Waals surface area contributed by atoms with Gasteiger partial charge in [0.2, 0.25) is 0 Å². The molecule has 38 heavy (non-hydrogen) atoms. The molecule has 0 spiro atoms. The summed E-state index contributed by atoms with van der Waals surface area (Å²) in [5.74, 6) is 0. The molecule has 4 heteroatoms. The molecule has 198 valence electrons. The average molecular weight is 542 g/mol. The molecule has 0 radical (unpaired) electrons. The van der Waals surface area contributed by atoms with Gasteiger partial charge in [-0.15, -0.1) is 0 Å². The molecule has 0 bridgehead atoms. The fraction of sp³-hybridized carbons (Fsp3) is 0.294. The van der Waals surface area contributed by atoms with Crippen molar-refractivity contribution >= 4 is 34.8 Å². The Morgan fingerprint density at radius 2 is 1.13 bits per heavy atom. The second kappa shape index (κ2) is 11.7. The van der Waals surface area contributed by atoms with Crippen LogP contribution in [0.4, 0.5) is 0 Å². The normalized spacial score (nSPS) is 14.0. The third-order valence-corrected chi connectivity index (χ3v) is 11.0. The van der Waals surface area contributed by atoms with Crippen molar-refractivity contribution in [3.8, 4) is 0 Å². The van der Waals surface area contributed by atoms with Crippen molar-refractivity contribution in [1.29, 1.82) is 0 Å². The minimum Gasteiger partial charge on any atom is -0.242 e. The van der Waals surface area contributed by atoms with Crippen molar-refractivity contribution in [1.82, 2.24) is 4.31 Å². The number of hydrogen-bond acceptors (Lipinski definition) is 1. The summed E-state index contributed by atoms with van der Waals surface area (Å²) in [6.07, 6.45) is 0. The highest BCUT2D eigenvalue weighted by molar-refractivity contribution is 7.84. The SMILES string of the molecule is CN([C@@H](c1ccc(C(C)(C)C)cc1)c1ccccc1P(c1ccccc1)c1ccccc1)S(=O)C(C)(C)C. The molecule has 0 saturated heterocycles. The second-order valence-electron chi connectivity index (χ2n) is 11.7. The highest BCUT2D eigenvalue weighted by atomic mass is 32.2. The first-order chi connectivity index (χ1) is 18.0. The summed E-state index contributed by atoms with van der Waals surface area (Å²) in [5.41, 5.74) is 3.72. The molecule has 0 fully saturated rings. The van der Waals surface area contributed by atoms with Crippen molar-refractivity contribution in [2.75, 3.05) is 7.05 Å². The molecular formula is C34H40NOPS. The van der Waals surface area contributed by atoms with Gasteiger partial charge in [-0.2, -0.15) is 0 Å². The average Bonchev–Trinajstić information content (AvgIpc) is 2.90. The Bertz CT molecular complexity index is 1320. The molecule has 0 aliphatic carbocycles. The minimum atomic E-state index is -1.21. The van der Waals surface area contributed by atoms with Gasteiger partial charge in [-0.1, -0.05) is 130 Å². The summed E-state index contributed by atoms with van der Waals surface area (Å²) in [4.78, 5) is 0. The zero-order chi connectivity index (χ0) is 27.5. The maximum absolute atomic E-state index is 13.8. The molecule has 4 aromatic rings. The van der Waals surface area contributed by atoms with Crippen LogP contribution >= 0.6 is 7.92 Å². The predicted molar refractivity (Wildman–Crippen MR) is 168 cm³/mol. The van der Waals surface area contributed by atoms with E-state index in [1.807, 2.05) is 27.8 Å². The van der Waals surface area contributed by atoms with Crippen molar-refractivity contribution in [2.45, 2.75) is 57.7 Å². The van der Waals surface area contributed by atoms with Crippen LogP contribution < -0.4 is 15.9 Å². The topological polar surface area (TPSA) is 20.3 Å². The van der Waals surface area contributed by atoms with E-state index in [0.29, 0.717) is 0 Å². The smallest absolute Gasteiger partial charge is 0.100 e. The maximum atomic E-state index is 13.8. The van der Waals surface area contributed by atoms with Crippen LogP contribution in [0.3, 0.4) is 0 Å². The Balaban J connectivity index is 1.94. The largest absolute Gasteiger partial charge is 0.242 e. The Kier molecular flexibility index (Phi) is 8.72. The second-order valence-corrected chi connectivity index (χ2v) is 16.2. The van der Waals surface area contributed by atoms with Gasteiger partial charge >= 0.3 is 0 Å². The number of nitrogens with zero attached hydrogens (tertiary/aromatic N) is 1. The van der Waals surface area contributed by atoms with E-state index in [-0.39, 0.29) is 16.2 Å². The molecule has 4 rings (SSSR count). The van der Waals surface area contributed by atoms with Crippen molar-refractivity contribution < 1.29 is 4.21 Å². The third-order valence-electron chi connectivity index (χ3n) is 6.74. The van der Waals surface area contributed by atoms with Gasteiger partial charge < -0.3 is 0 Å². The van der Waals surface area contributed by atoms with E-state index in [2.05, 4.69) is 134 Å². The van der Waals surface area contributed by atoms with Gasteiger partial charge in [-0.25, -0.2) is 8.51 Å². The fourth-order valence-corrected chi connectivity index (χ4v) is 8.56. The lowest BCUT2D eigenvalue weighted by Crippen LogP contribution is -2.39. The van der Waals surface area contributed by atoms with Gasteiger partial charge in [0.15, 0.2) is 0 Å². The monoisotopic (exact) mass is 541 g/mol. The van der Waals surface area contributed by atoms with Crippen LogP contribution in [0.1, 0.15) is 64.3 Å². The Morgan fingerprint density at radius 3 is 1.61 bits per heavy atom. The molecule has 0 aliphatic rings. The van der Waals surface area contributed by atoms with Crippen molar-refractivity contribution in [3.63, 3.8) is 0 Å². The van der Waals surface area contributed by atoms with Gasteiger partial charge in [0.25, 0.3) is 0 Å². The molecule has 0 aromatic heterocycles. The lowest BCUT2D eigenvalue weighted by atomic mass is 9.86. The standard InChI is InChI=1S/C34H40NOPS/c1-33(2,3)27-24-22-26(23-25-27)32(35(7)38(36)34(4,5)6)30-20-14-15-21-31(30)37(28-16-10-8-11-17-28)29-18-12-9-13-19-29/h8-25,32H,1-7H3/t32-,38?/m0/s1. The van der Waals surface area contributed by atoms with E-state index in [1.165, 1.54) is 27.0 Å². The van der Waals surface area contributed by atoms with Crippen LogP contribution in [0.25, 0.3) is 0 Å². The van der Waals surface area contributed by atoms with Gasteiger partial charge in [0.1, 0.15) is 11.0 Å². The molecule has 4 aromatic carbocycles. The predicted octanol–water partition coefficient (Wildman–Crippen LogP) is 7.23. The van der Waals surface area contributed by atoms with Crippen molar-refractivity contribution in [2.24, 2.45) is 0 Å². The van der Waals surface area contributed by atoms with Gasteiger partial charge in [0, 0.05) is 7.05 Å². The van der Waals surface area contributed by atoms with Crippen LogP contribution in [-0.4, -0.2) is 20.3 Å². The van der Waals surface area contributed by atoms with Crippen molar-refractivity contribution in [3.05, 3.63) is 126 Å². The molecule has 2 atom stereocenters. The molecule has 0 aliphatic heterocycles. The van der Waals surface area contributed by atoms with E-state index in [4.69, 9.17) is 0 Å². The van der Waals surface area contributed by atoms with Crippen LogP contribution in [0.2, 0.25) is 0 Å².